The van der Waals surface area contributed by atoms with Gasteiger partial charge in [-0.2, -0.15) is 5.26 Å². The van der Waals surface area contributed by atoms with E-state index in [0.717, 1.165) is 22.3 Å². The topological polar surface area (TPSA) is 44.1 Å². The third-order valence-electron chi connectivity index (χ3n) is 6.48. The molecular formula is C29H28N2O. The molecule has 3 heteroatoms. The van der Waals surface area contributed by atoms with E-state index in [1.165, 1.54) is 0 Å². The number of ketones is 1. The first-order valence-corrected chi connectivity index (χ1v) is 11.1. The molecule has 1 aliphatic rings. The van der Waals surface area contributed by atoms with Gasteiger partial charge in [0.2, 0.25) is 0 Å². The van der Waals surface area contributed by atoms with E-state index in [0.29, 0.717) is 19.4 Å². The summed E-state index contributed by atoms with van der Waals surface area (Å²) < 4.78 is 0. The number of hydrogen-bond donors (Lipinski definition) is 0. The third-order valence-corrected chi connectivity index (χ3v) is 6.48. The number of allylic oxidation sites excluding steroid dienone is 1. The van der Waals surface area contributed by atoms with E-state index >= 15 is 0 Å². The van der Waals surface area contributed by atoms with Gasteiger partial charge in [-0.25, -0.2) is 0 Å². The van der Waals surface area contributed by atoms with Gasteiger partial charge in [-0.3, -0.25) is 9.69 Å². The lowest BCUT2D eigenvalue weighted by Crippen LogP contribution is -2.35. The van der Waals surface area contributed by atoms with Gasteiger partial charge in [0.15, 0.2) is 5.78 Å². The molecule has 1 aliphatic heterocycles. The quantitative estimate of drug-likeness (QED) is 0.453. The molecule has 0 saturated carbocycles. The van der Waals surface area contributed by atoms with Crippen molar-refractivity contribution in [3.8, 4) is 6.07 Å². The largest absolute Gasteiger partial charge is 0.296 e. The fraction of sp³-hybridized carbons (Fsp3) is 0.241. The molecule has 4 rings (SSSR count). The Morgan fingerprint density at radius 2 is 1.56 bits per heavy atom. The van der Waals surface area contributed by atoms with Crippen LogP contribution in [0.1, 0.15) is 34.7 Å². The maximum absolute atomic E-state index is 14.0. The normalized spacial score (nSPS) is 23.1. The number of aryl methyl sites for hydroxylation is 1. The highest BCUT2D eigenvalue weighted by Gasteiger charge is 2.59. The van der Waals surface area contributed by atoms with E-state index in [1.807, 2.05) is 43.3 Å². The van der Waals surface area contributed by atoms with E-state index in [1.54, 1.807) is 6.08 Å². The lowest BCUT2D eigenvalue weighted by Gasteiger charge is -2.33. The minimum Gasteiger partial charge on any atom is -0.296 e. The van der Waals surface area contributed by atoms with Gasteiger partial charge < -0.3 is 0 Å². The maximum atomic E-state index is 14.0. The first-order valence-electron chi connectivity index (χ1n) is 11.1. The summed E-state index contributed by atoms with van der Waals surface area (Å²) in [5.74, 6) is -0.00902. The molecule has 0 bridgehead atoms. The fourth-order valence-electron chi connectivity index (χ4n) is 4.92. The second-order valence-electron chi connectivity index (χ2n) is 8.62. The van der Waals surface area contributed by atoms with Crippen molar-refractivity contribution in [2.24, 2.45) is 5.41 Å². The standard InChI is InChI=1S/C29H28N2O/c1-3-18-29(21-30)27(25-16-14-22(2)15-17-25)31(20-24-12-8-5-9-13-24)26(28(29)32)19-23-10-6-4-7-11-23/h3-17,26-27H,1,18-20H2,2H3/t26-,27+,29+/m0/s1. The molecule has 1 saturated heterocycles. The molecule has 160 valence electrons. The molecule has 0 N–H and O–H groups in total. The first kappa shape index (κ1) is 21.7. The predicted molar refractivity (Wildman–Crippen MR) is 128 cm³/mol. The maximum Gasteiger partial charge on any atom is 0.172 e. The molecule has 3 nitrogen and oxygen atoms in total. The average molecular weight is 421 g/mol. The Morgan fingerprint density at radius 1 is 0.969 bits per heavy atom. The van der Waals surface area contributed by atoms with Crippen LogP contribution in [0.25, 0.3) is 0 Å². The lowest BCUT2D eigenvalue weighted by molar-refractivity contribution is -0.125. The zero-order valence-corrected chi connectivity index (χ0v) is 18.4. The summed E-state index contributed by atoms with van der Waals surface area (Å²) in [6.45, 7) is 6.54. The van der Waals surface area contributed by atoms with Gasteiger partial charge in [-0.15, -0.1) is 6.58 Å². The second-order valence-corrected chi connectivity index (χ2v) is 8.62. The van der Waals surface area contributed by atoms with Crippen LogP contribution >= 0.6 is 0 Å². The van der Waals surface area contributed by atoms with Crippen molar-refractivity contribution < 1.29 is 4.79 Å². The fourth-order valence-corrected chi connectivity index (χ4v) is 4.92. The first-order chi connectivity index (χ1) is 15.6. The Bertz CT molecular complexity index is 1120. The van der Waals surface area contributed by atoms with E-state index in [-0.39, 0.29) is 17.9 Å². The van der Waals surface area contributed by atoms with Gasteiger partial charge in [0.05, 0.1) is 18.2 Å². The van der Waals surface area contributed by atoms with E-state index < -0.39 is 5.41 Å². The van der Waals surface area contributed by atoms with Crippen molar-refractivity contribution in [2.45, 2.75) is 38.4 Å². The van der Waals surface area contributed by atoms with Crippen LogP contribution in [-0.4, -0.2) is 16.7 Å². The van der Waals surface area contributed by atoms with Crippen LogP contribution in [-0.2, 0) is 17.8 Å². The number of rotatable bonds is 7. The molecule has 0 spiro atoms. The summed E-state index contributed by atoms with van der Waals surface area (Å²) in [5, 5.41) is 10.4. The predicted octanol–water partition coefficient (Wildman–Crippen LogP) is 5.82. The Labute approximate surface area is 190 Å². The Kier molecular flexibility index (Phi) is 6.35. The highest BCUT2D eigenvalue weighted by Crippen LogP contribution is 2.51. The Morgan fingerprint density at radius 3 is 2.12 bits per heavy atom. The minimum atomic E-state index is -1.16. The molecular weight excluding hydrogens is 392 g/mol. The van der Waals surface area contributed by atoms with Crippen molar-refractivity contribution in [1.29, 1.82) is 5.26 Å². The molecule has 0 aromatic heterocycles. The number of benzene rings is 3. The summed E-state index contributed by atoms with van der Waals surface area (Å²) in [4.78, 5) is 16.2. The van der Waals surface area contributed by atoms with Crippen molar-refractivity contribution >= 4 is 5.78 Å². The number of likely N-dealkylation sites (tertiary alicyclic amines) is 1. The number of carbonyl (C=O) groups excluding carboxylic acids is 1. The molecule has 3 aromatic carbocycles. The van der Waals surface area contributed by atoms with Gasteiger partial charge in [-0.05, 0) is 36.5 Å². The summed E-state index contributed by atoms with van der Waals surface area (Å²) in [6.07, 6.45) is 2.63. The van der Waals surface area contributed by atoms with Gasteiger partial charge in [0.1, 0.15) is 5.41 Å². The number of hydrogen-bond acceptors (Lipinski definition) is 3. The molecule has 0 radical (unpaired) electrons. The highest BCUT2D eigenvalue weighted by molar-refractivity contribution is 5.96. The van der Waals surface area contributed by atoms with Crippen LogP contribution in [0.4, 0.5) is 0 Å². The van der Waals surface area contributed by atoms with Crippen LogP contribution < -0.4 is 0 Å². The molecule has 0 aliphatic carbocycles. The van der Waals surface area contributed by atoms with E-state index in [2.05, 4.69) is 66.1 Å². The number of Topliss-reactive ketones (excluding diaryl/α,β-unsaturated/α-hetero) is 1. The number of nitriles is 1. The highest BCUT2D eigenvalue weighted by atomic mass is 16.1. The second kappa shape index (κ2) is 9.34. The van der Waals surface area contributed by atoms with Crippen molar-refractivity contribution in [3.05, 3.63) is 120 Å². The molecule has 1 heterocycles. The monoisotopic (exact) mass is 420 g/mol. The SMILES string of the molecule is C=CC[C@]1(C#N)C(=O)[C@H](Cc2ccccc2)N(Cc2ccccc2)[C@@H]1c1ccc(C)cc1. The van der Waals surface area contributed by atoms with Gasteiger partial charge in [0, 0.05) is 6.54 Å². The molecule has 3 atom stereocenters. The van der Waals surface area contributed by atoms with Gasteiger partial charge in [-0.1, -0.05) is 96.6 Å². The van der Waals surface area contributed by atoms with Gasteiger partial charge in [0.25, 0.3) is 0 Å². The Hall–Kier alpha value is -3.48. The summed E-state index contributed by atoms with van der Waals surface area (Å²) in [7, 11) is 0. The molecule has 3 aromatic rings. The third kappa shape index (κ3) is 4.02. The average Bonchev–Trinajstić information content (AvgIpc) is 3.04. The molecule has 0 unspecified atom stereocenters. The minimum absolute atomic E-state index is 0.00902. The zero-order chi connectivity index (χ0) is 22.6. The lowest BCUT2D eigenvalue weighted by atomic mass is 9.74. The summed E-state index contributed by atoms with van der Waals surface area (Å²) >= 11 is 0. The van der Waals surface area contributed by atoms with Crippen LogP contribution in [0.3, 0.4) is 0 Å². The van der Waals surface area contributed by atoms with Crippen LogP contribution in [0.15, 0.2) is 97.6 Å². The molecule has 32 heavy (non-hydrogen) atoms. The zero-order valence-electron chi connectivity index (χ0n) is 18.4. The van der Waals surface area contributed by atoms with Crippen molar-refractivity contribution in [3.63, 3.8) is 0 Å². The number of carbonyl (C=O) groups is 1. The van der Waals surface area contributed by atoms with Crippen LogP contribution in [0.5, 0.6) is 0 Å². The molecule has 1 fully saturated rings. The van der Waals surface area contributed by atoms with Crippen molar-refractivity contribution in [2.75, 3.05) is 0 Å². The summed E-state index contributed by atoms with van der Waals surface area (Å²) in [5.41, 5.74) is 3.21. The van der Waals surface area contributed by atoms with Crippen LogP contribution in [0, 0.1) is 23.7 Å². The van der Waals surface area contributed by atoms with Crippen molar-refractivity contribution in [1.82, 2.24) is 4.90 Å². The van der Waals surface area contributed by atoms with Gasteiger partial charge >= 0.3 is 0 Å². The molecule has 0 amide bonds. The summed E-state index contributed by atoms with van der Waals surface area (Å²) in [6, 6.07) is 30.2. The smallest absolute Gasteiger partial charge is 0.172 e. The number of nitrogens with zero attached hydrogens (tertiary/aromatic N) is 2. The van der Waals surface area contributed by atoms with Crippen LogP contribution in [0.2, 0.25) is 0 Å². The van der Waals surface area contributed by atoms with E-state index in [4.69, 9.17) is 0 Å². The van der Waals surface area contributed by atoms with E-state index in [9.17, 15) is 10.1 Å². The Balaban J connectivity index is 1.85.